The van der Waals surface area contributed by atoms with Gasteiger partial charge in [-0.3, -0.25) is 9.59 Å². The van der Waals surface area contributed by atoms with Crippen molar-refractivity contribution in [1.82, 2.24) is 10.6 Å². The number of nitriles is 1. The molecule has 162 valence electrons. The number of rotatable bonds is 10. The number of aliphatic hydroxyl groups excluding tert-OH is 1. The molecule has 9 heteroatoms. The molecule has 0 spiro atoms. The molecule has 2 aromatic rings. The molecule has 0 unspecified atom stereocenters. The fraction of sp³-hybridized carbons (Fsp3) is 0.273. The Morgan fingerprint density at radius 2 is 1.74 bits per heavy atom. The van der Waals surface area contributed by atoms with Crippen molar-refractivity contribution in [3.63, 3.8) is 0 Å². The third kappa shape index (κ3) is 8.55. The van der Waals surface area contributed by atoms with Gasteiger partial charge in [0.25, 0.3) is 0 Å². The van der Waals surface area contributed by atoms with Crippen molar-refractivity contribution in [3.8, 4) is 6.07 Å². The van der Waals surface area contributed by atoms with Gasteiger partial charge in [-0.05, 0) is 23.3 Å². The zero-order valence-corrected chi connectivity index (χ0v) is 16.8. The van der Waals surface area contributed by atoms with Crippen molar-refractivity contribution in [1.29, 1.82) is 5.26 Å². The average molecular weight is 424 g/mol. The van der Waals surface area contributed by atoms with Gasteiger partial charge in [-0.25, -0.2) is 4.79 Å². The summed E-state index contributed by atoms with van der Waals surface area (Å²) in [6, 6.07) is 16.6. The first-order valence-electron chi connectivity index (χ1n) is 9.57. The van der Waals surface area contributed by atoms with Crippen LogP contribution in [0.15, 0.2) is 54.6 Å². The molecule has 2 atom stereocenters. The summed E-state index contributed by atoms with van der Waals surface area (Å²) in [6.07, 6.45) is -2.09. The lowest BCUT2D eigenvalue weighted by molar-refractivity contribution is -0.128. The Morgan fingerprint density at radius 3 is 2.35 bits per heavy atom. The van der Waals surface area contributed by atoms with E-state index in [4.69, 9.17) is 15.7 Å². The Morgan fingerprint density at radius 1 is 1.06 bits per heavy atom. The highest BCUT2D eigenvalue weighted by Crippen LogP contribution is 2.07. The van der Waals surface area contributed by atoms with E-state index in [1.54, 1.807) is 36.4 Å². The number of nitrogens with one attached hydrogen (secondary N) is 2. The number of carbonyl (C=O) groups excluding carboxylic acids is 3. The van der Waals surface area contributed by atoms with Crippen molar-refractivity contribution in [2.75, 3.05) is 6.54 Å². The number of carbonyl (C=O) groups is 3. The van der Waals surface area contributed by atoms with Crippen LogP contribution in [0.4, 0.5) is 4.79 Å². The van der Waals surface area contributed by atoms with E-state index in [-0.39, 0.29) is 26.0 Å². The highest BCUT2D eigenvalue weighted by atomic mass is 16.5. The van der Waals surface area contributed by atoms with E-state index in [0.29, 0.717) is 11.1 Å². The van der Waals surface area contributed by atoms with Gasteiger partial charge < -0.3 is 26.2 Å². The van der Waals surface area contributed by atoms with Gasteiger partial charge in [-0.1, -0.05) is 42.5 Å². The van der Waals surface area contributed by atoms with Gasteiger partial charge in [0.1, 0.15) is 12.6 Å². The molecule has 0 aliphatic rings. The molecule has 5 N–H and O–H groups in total. The van der Waals surface area contributed by atoms with Crippen LogP contribution in [0.2, 0.25) is 0 Å². The molecule has 0 saturated carbocycles. The number of hydrogen-bond acceptors (Lipinski definition) is 6. The minimum absolute atomic E-state index is 0.0822. The van der Waals surface area contributed by atoms with Gasteiger partial charge in [0.2, 0.25) is 11.8 Å². The Balaban J connectivity index is 1.74. The number of amides is 3. The smallest absolute Gasteiger partial charge is 0.407 e. The number of nitrogens with two attached hydrogens (primary N) is 1. The molecule has 2 aromatic carbocycles. The van der Waals surface area contributed by atoms with E-state index in [9.17, 15) is 19.5 Å². The Kier molecular flexibility index (Phi) is 9.01. The topological polar surface area (TPSA) is 155 Å². The molecule has 0 saturated heterocycles. The van der Waals surface area contributed by atoms with Gasteiger partial charge >= 0.3 is 6.09 Å². The van der Waals surface area contributed by atoms with Crippen molar-refractivity contribution >= 4 is 17.9 Å². The molecule has 2 rings (SSSR count). The third-order valence-corrected chi connectivity index (χ3v) is 4.32. The quantitative estimate of drug-likeness (QED) is 0.441. The molecule has 0 fully saturated rings. The fourth-order valence-corrected chi connectivity index (χ4v) is 2.69. The number of primary amides is 1. The minimum Gasteiger partial charge on any atom is -0.445 e. The van der Waals surface area contributed by atoms with Crippen LogP contribution in [-0.4, -0.2) is 41.7 Å². The van der Waals surface area contributed by atoms with E-state index in [1.807, 2.05) is 24.3 Å². The second kappa shape index (κ2) is 11.9. The maximum Gasteiger partial charge on any atom is 0.407 e. The average Bonchev–Trinajstić information content (AvgIpc) is 2.77. The predicted molar refractivity (Wildman–Crippen MR) is 111 cm³/mol. The highest BCUT2D eigenvalue weighted by molar-refractivity contribution is 5.87. The van der Waals surface area contributed by atoms with E-state index >= 15 is 0 Å². The van der Waals surface area contributed by atoms with Gasteiger partial charge in [-0.15, -0.1) is 0 Å². The molecule has 0 heterocycles. The predicted octanol–water partition coefficient (Wildman–Crippen LogP) is 0.748. The van der Waals surface area contributed by atoms with Gasteiger partial charge in [0.05, 0.1) is 24.2 Å². The van der Waals surface area contributed by atoms with Crippen LogP contribution < -0.4 is 16.4 Å². The van der Waals surface area contributed by atoms with Crippen LogP contribution in [0.1, 0.15) is 23.1 Å². The number of hydrogen-bond donors (Lipinski definition) is 4. The monoisotopic (exact) mass is 424 g/mol. The standard InChI is InChI=1S/C22H24N4O5/c23-12-16-8-6-15(7-9-16)10-19(21(24)29)26-20(28)11-18(27)13-25-22(30)31-14-17-4-2-1-3-5-17/h1-9,18-19,27H,10-11,13-14H2,(H2,24,29)(H,25,30)(H,26,28)/t18-,19+/m1/s1. The van der Waals surface area contributed by atoms with Crippen molar-refractivity contribution in [2.24, 2.45) is 5.73 Å². The summed E-state index contributed by atoms with van der Waals surface area (Å²) in [5.41, 5.74) is 7.36. The lowest BCUT2D eigenvalue weighted by atomic mass is 10.0. The Hall–Kier alpha value is -3.90. The summed E-state index contributed by atoms with van der Waals surface area (Å²) < 4.78 is 5.02. The summed E-state index contributed by atoms with van der Waals surface area (Å²) in [4.78, 5) is 35.5. The molecule has 0 radical (unpaired) electrons. The summed E-state index contributed by atoms with van der Waals surface area (Å²) >= 11 is 0. The summed E-state index contributed by atoms with van der Waals surface area (Å²) in [5, 5.41) is 23.6. The van der Waals surface area contributed by atoms with E-state index in [0.717, 1.165) is 5.56 Å². The molecular weight excluding hydrogens is 400 g/mol. The van der Waals surface area contributed by atoms with E-state index < -0.39 is 30.1 Å². The SMILES string of the molecule is N#Cc1ccc(C[C@H](NC(=O)C[C@@H](O)CNC(=O)OCc2ccccc2)C(N)=O)cc1. The van der Waals surface area contributed by atoms with Gasteiger partial charge in [0, 0.05) is 13.0 Å². The molecule has 0 aromatic heterocycles. The number of aliphatic hydroxyl groups is 1. The van der Waals surface area contributed by atoms with Crippen molar-refractivity contribution in [2.45, 2.75) is 31.6 Å². The van der Waals surface area contributed by atoms with Crippen molar-refractivity contribution in [3.05, 3.63) is 71.3 Å². The van der Waals surface area contributed by atoms with Crippen LogP contribution in [0.3, 0.4) is 0 Å². The molecule has 0 bridgehead atoms. The van der Waals surface area contributed by atoms with Crippen LogP contribution in [0.5, 0.6) is 0 Å². The van der Waals surface area contributed by atoms with Gasteiger partial charge in [-0.2, -0.15) is 5.26 Å². The normalized spacial score (nSPS) is 12.1. The lowest BCUT2D eigenvalue weighted by Crippen LogP contribution is -2.47. The van der Waals surface area contributed by atoms with Crippen LogP contribution in [0.25, 0.3) is 0 Å². The van der Waals surface area contributed by atoms with Crippen molar-refractivity contribution < 1.29 is 24.2 Å². The zero-order chi connectivity index (χ0) is 22.6. The largest absolute Gasteiger partial charge is 0.445 e. The molecule has 31 heavy (non-hydrogen) atoms. The second-order valence-electron chi connectivity index (χ2n) is 6.84. The first kappa shape index (κ1) is 23.4. The second-order valence-corrected chi connectivity index (χ2v) is 6.84. The molecule has 0 aliphatic carbocycles. The maximum absolute atomic E-state index is 12.1. The van der Waals surface area contributed by atoms with E-state index in [2.05, 4.69) is 10.6 Å². The van der Waals surface area contributed by atoms with Crippen LogP contribution >= 0.6 is 0 Å². The highest BCUT2D eigenvalue weighted by Gasteiger charge is 2.21. The molecule has 9 nitrogen and oxygen atoms in total. The van der Waals surface area contributed by atoms with E-state index in [1.165, 1.54) is 0 Å². The summed E-state index contributed by atoms with van der Waals surface area (Å²) in [7, 11) is 0. The molecule has 3 amide bonds. The minimum atomic E-state index is -1.17. The zero-order valence-electron chi connectivity index (χ0n) is 16.8. The third-order valence-electron chi connectivity index (χ3n) is 4.32. The number of ether oxygens (including phenoxy) is 1. The Bertz CT molecular complexity index is 925. The number of nitrogens with zero attached hydrogens (tertiary/aromatic N) is 1. The summed E-state index contributed by atoms with van der Waals surface area (Å²) in [5.74, 6) is -1.32. The van der Waals surface area contributed by atoms with Gasteiger partial charge in [0.15, 0.2) is 0 Å². The first-order valence-corrected chi connectivity index (χ1v) is 9.57. The Labute approximate surface area is 179 Å². The lowest BCUT2D eigenvalue weighted by Gasteiger charge is -2.17. The number of benzene rings is 2. The summed E-state index contributed by atoms with van der Waals surface area (Å²) in [6.45, 7) is -0.114. The van der Waals surface area contributed by atoms with Crippen LogP contribution in [0, 0.1) is 11.3 Å². The number of alkyl carbamates (subject to hydrolysis) is 1. The molecule has 0 aliphatic heterocycles. The first-order chi connectivity index (χ1) is 14.9. The maximum atomic E-state index is 12.1. The molecular formula is C22H24N4O5. The fourth-order valence-electron chi connectivity index (χ4n) is 2.69. The van der Waals surface area contributed by atoms with Crippen LogP contribution in [-0.2, 0) is 27.4 Å².